The second-order valence-corrected chi connectivity index (χ2v) is 4.66. The molecule has 2 heteroatoms. The Bertz CT molecular complexity index is 318. The van der Waals surface area contributed by atoms with E-state index in [1.165, 1.54) is 36.9 Å². The highest BCUT2D eigenvalue weighted by Crippen LogP contribution is 2.25. The molecule has 1 fully saturated rings. The summed E-state index contributed by atoms with van der Waals surface area (Å²) in [5.41, 5.74) is 2.46. The van der Waals surface area contributed by atoms with Crippen molar-refractivity contribution >= 4 is 5.69 Å². The van der Waals surface area contributed by atoms with Crippen LogP contribution < -0.4 is 5.32 Å². The van der Waals surface area contributed by atoms with Crippen LogP contribution in [0.15, 0.2) is 24.3 Å². The normalized spacial score (nSPS) is 16.6. The highest BCUT2D eigenvalue weighted by Gasteiger charge is 2.14. The van der Waals surface area contributed by atoms with Crippen molar-refractivity contribution in [3.05, 3.63) is 29.8 Å². The smallest absolute Gasteiger partial charge is 0.0713 e. The summed E-state index contributed by atoms with van der Waals surface area (Å²) in [5.74, 6) is 0.881. The van der Waals surface area contributed by atoms with Crippen molar-refractivity contribution in [2.75, 3.05) is 19.0 Å². The summed E-state index contributed by atoms with van der Waals surface area (Å²) >= 11 is 0. The standard InChI is InChI=1S/C14H21NO/c1-16-11-13-7-4-8-14(9-13)15-10-12-5-2-3-6-12/h4,7-9,12,15H,2-3,5-6,10-11H2,1H3. The summed E-state index contributed by atoms with van der Waals surface area (Å²) in [6.07, 6.45) is 5.61. The van der Waals surface area contributed by atoms with Gasteiger partial charge in [0.15, 0.2) is 0 Å². The molecule has 0 saturated heterocycles. The fourth-order valence-corrected chi connectivity index (χ4v) is 2.41. The molecule has 0 atom stereocenters. The van der Waals surface area contributed by atoms with Gasteiger partial charge < -0.3 is 10.1 Å². The first-order chi connectivity index (χ1) is 7.88. The highest BCUT2D eigenvalue weighted by atomic mass is 16.5. The van der Waals surface area contributed by atoms with Crippen molar-refractivity contribution in [1.29, 1.82) is 0 Å². The van der Waals surface area contributed by atoms with Crippen LogP contribution in [0.1, 0.15) is 31.2 Å². The third kappa shape index (κ3) is 3.24. The Balaban J connectivity index is 1.85. The number of ether oxygens (including phenoxy) is 1. The highest BCUT2D eigenvalue weighted by molar-refractivity contribution is 5.45. The molecule has 0 radical (unpaired) electrons. The molecule has 0 unspecified atom stereocenters. The fourth-order valence-electron chi connectivity index (χ4n) is 2.41. The van der Waals surface area contributed by atoms with E-state index in [2.05, 4.69) is 29.6 Å². The van der Waals surface area contributed by atoms with Gasteiger partial charge in [0.2, 0.25) is 0 Å². The molecule has 0 spiro atoms. The Hall–Kier alpha value is -1.02. The molecule has 1 aromatic rings. The topological polar surface area (TPSA) is 21.3 Å². The van der Waals surface area contributed by atoms with Crippen molar-refractivity contribution in [1.82, 2.24) is 0 Å². The molecule has 1 aliphatic carbocycles. The maximum atomic E-state index is 5.13. The summed E-state index contributed by atoms with van der Waals surface area (Å²) in [6, 6.07) is 8.50. The molecule has 1 saturated carbocycles. The van der Waals surface area contributed by atoms with E-state index in [9.17, 15) is 0 Å². The molecule has 0 heterocycles. The molecule has 1 N–H and O–H groups in total. The van der Waals surface area contributed by atoms with Crippen LogP contribution in [-0.4, -0.2) is 13.7 Å². The largest absolute Gasteiger partial charge is 0.385 e. The molecule has 2 rings (SSSR count). The van der Waals surface area contributed by atoms with E-state index in [0.29, 0.717) is 6.61 Å². The Kier molecular flexibility index (Phi) is 4.23. The molecule has 88 valence electrons. The van der Waals surface area contributed by atoms with Gasteiger partial charge >= 0.3 is 0 Å². The van der Waals surface area contributed by atoms with Gasteiger partial charge in [0.1, 0.15) is 0 Å². The van der Waals surface area contributed by atoms with Crippen LogP contribution in [0.5, 0.6) is 0 Å². The summed E-state index contributed by atoms with van der Waals surface area (Å²) in [4.78, 5) is 0. The van der Waals surface area contributed by atoms with E-state index >= 15 is 0 Å². The van der Waals surface area contributed by atoms with E-state index in [0.717, 1.165) is 12.5 Å². The number of hydrogen-bond acceptors (Lipinski definition) is 2. The number of rotatable bonds is 5. The number of nitrogens with one attached hydrogen (secondary N) is 1. The summed E-state index contributed by atoms with van der Waals surface area (Å²) < 4.78 is 5.13. The average molecular weight is 219 g/mol. The van der Waals surface area contributed by atoms with E-state index in [-0.39, 0.29) is 0 Å². The third-order valence-electron chi connectivity index (χ3n) is 3.31. The van der Waals surface area contributed by atoms with Gasteiger partial charge in [-0.25, -0.2) is 0 Å². The minimum Gasteiger partial charge on any atom is -0.385 e. The second-order valence-electron chi connectivity index (χ2n) is 4.66. The van der Waals surface area contributed by atoms with Crippen LogP contribution in [0, 0.1) is 5.92 Å². The molecule has 0 amide bonds. The predicted octanol–water partition coefficient (Wildman–Crippen LogP) is 3.44. The Morgan fingerprint density at radius 1 is 1.31 bits per heavy atom. The lowest BCUT2D eigenvalue weighted by molar-refractivity contribution is 0.185. The lowest BCUT2D eigenvalue weighted by Crippen LogP contribution is -2.10. The lowest BCUT2D eigenvalue weighted by Gasteiger charge is -2.12. The third-order valence-corrected chi connectivity index (χ3v) is 3.31. The molecule has 2 nitrogen and oxygen atoms in total. The van der Waals surface area contributed by atoms with Gasteiger partial charge in [-0.2, -0.15) is 0 Å². The van der Waals surface area contributed by atoms with Crippen LogP contribution in [0.4, 0.5) is 5.69 Å². The molecule has 0 bridgehead atoms. The van der Waals surface area contributed by atoms with Crippen LogP contribution in [-0.2, 0) is 11.3 Å². The van der Waals surface area contributed by atoms with Gasteiger partial charge in [0.25, 0.3) is 0 Å². The maximum absolute atomic E-state index is 5.13. The number of anilines is 1. The minimum atomic E-state index is 0.693. The van der Waals surface area contributed by atoms with Crippen LogP contribution in [0.2, 0.25) is 0 Å². The van der Waals surface area contributed by atoms with Gasteiger partial charge in [-0.3, -0.25) is 0 Å². The zero-order valence-electron chi connectivity index (χ0n) is 10.0. The lowest BCUT2D eigenvalue weighted by atomic mass is 10.1. The first-order valence-corrected chi connectivity index (χ1v) is 6.20. The monoisotopic (exact) mass is 219 g/mol. The van der Waals surface area contributed by atoms with E-state index in [1.54, 1.807) is 7.11 Å². The van der Waals surface area contributed by atoms with Crippen molar-refractivity contribution in [3.8, 4) is 0 Å². The number of benzene rings is 1. The number of hydrogen-bond donors (Lipinski definition) is 1. The minimum absolute atomic E-state index is 0.693. The van der Waals surface area contributed by atoms with Crippen molar-refractivity contribution in [2.45, 2.75) is 32.3 Å². The Labute approximate surface area is 98.0 Å². The first kappa shape index (κ1) is 11.5. The van der Waals surface area contributed by atoms with Crippen molar-refractivity contribution in [2.24, 2.45) is 5.92 Å². The Morgan fingerprint density at radius 2 is 2.12 bits per heavy atom. The van der Waals surface area contributed by atoms with Gasteiger partial charge in [0, 0.05) is 19.3 Å². The summed E-state index contributed by atoms with van der Waals surface area (Å²) in [5, 5.41) is 3.53. The summed E-state index contributed by atoms with van der Waals surface area (Å²) in [7, 11) is 1.73. The van der Waals surface area contributed by atoms with Crippen LogP contribution >= 0.6 is 0 Å². The predicted molar refractivity (Wildman–Crippen MR) is 67.6 cm³/mol. The molecule has 0 aromatic heterocycles. The van der Waals surface area contributed by atoms with Crippen molar-refractivity contribution < 1.29 is 4.74 Å². The maximum Gasteiger partial charge on any atom is 0.0713 e. The zero-order valence-corrected chi connectivity index (χ0v) is 10.0. The molecule has 0 aliphatic heterocycles. The number of methoxy groups -OCH3 is 1. The van der Waals surface area contributed by atoms with Gasteiger partial charge in [-0.1, -0.05) is 25.0 Å². The molecular weight excluding hydrogens is 198 g/mol. The van der Waals surface area contributed by atoms with Gasteiger partial charge in [0.05, 0.1) is 6.61 Å². The summed E-state index contributed by atoms with van der Waals surface area (Å²) in [6.45, 7) is 1.81. The molecule has 1 aliphatic rings. The van der Waals surface area contributed by atoms with Gasteiger partial charge in [-0.05, 0) is 36.5 Å². The van der Waals surface area contributed by atoms with Gasteiger partial charge in [-0.15, -0.1) is 0 Å². The SMILES string of the molecule is COCc1cccc(NCC2CCCC2)c1. The second kappa shape index (κ2) is 5.90. The molecule has 1 aromatic carbocycles. The Morgan fingerprint density at radius 3 is 2.88 bits per heavy atom. The van der Waals surface area contributed by atoms with E-state index in [1.807, 2.05) is 0 Å². The fraction of sp³-hybridized carbons (Fsp3) is 0.571. The van der Waals surface area contributed by atoms with Crippen molar-refractivity contribution in [3.63, 3.8) is 0 Å². The first-order valence-electron chi connectivity index (χ1n) is 6.20. The molecular formula is C14H21NO. The quantitative estimate of drug-likeness (QED) is 0.819. The van der Waals surface area contributed by atoms with E-state index < -0.39 is 0 Å². The van der Waals surface area contributed by atoms with Crippen LogP contribution in [0.3, 0.4) is 0 Å². The molecule has 16 heavy (non-hydrogen) atoms. The van der Waals surface area contributed by atoms with Crippen LogP contribution in [0.25, 0.3) is 0 Å². The van der Waals surface area contributed by atoms with E-state index in [4.69, 9.17) is 4.74 Å². The zero-order chi connectivity index (χ0) is 11.2. The average Bonchev–Trinajstić information content (AvgIpc) is 2.80.